The zero-order valence-corrected chi connectivity index (χ0v) is 18.6. The molecule has 0 amide bonds. The van der Waals surface area contributed by atoms with Gasteiger partial charge in [0.05, 0.1) is 19.8 Å². The van der Waals surface area contributed by atoms with Crippen molar-refractivity contribution < 1.29 is 54.4 Å². The Hall–Kier alpha value is -4.67. The fourth-order valence-electron chi connectivity index (χ4n) is 3.84. The molecule has 0 fully saturated rings. The van der Waals surface area contributed by atoms with Crippen molar-refractivity contribution in [2.24, 2.45) is 0 Å². The maximum absolute atomic E-state index is 12.9. The molecule has 1 aliphatic rings. The summed E-state index contributed by atoms with van der Waals surface area (Å²) in [5.74, 6) is -3.71. The number of rotatable bonds is 5. The van der Waals surface area contributed by atoms with Crippen molar-refractivity contribution in [3.63, 3.8) is 0 Å². The molecule has 1 aliphatic heterocycles. The first-order valence-electron chi connectivity index (χ1n) is 10.2. The molecule has 3 aromatic carbocycles. The second-order valence-corrected chi connectivity index (χ2v) is 7.77. The van der Waals surface area contributed by atoms with Gasteiger partial charge in [-0.15, -0.1) is 0 Å². The lowest BCUT2D eigenvalue weighted by Crippen LogP contribution is -2.34. The molecule has 0 bridgehead atoms. The van der Waals surface area contributed by atoms with Gasteiger partial charge in [0.2, 0.25) is 5.75 Å². The Balaban J connectivity index is 1.77. The van der Waals surface area contributed by atoms with Crippen LogP contribution in [-0.4, -0.2) is 56.9 Å². The standard InChI is InChI=1S/C24H22O11/c1-32-18-5-10(6-19(33-2)22(18)30)23-20(9-13-14(26)7-12(25)8-17(13)34-23)35-24(31)11-3-15(27)21(29)16(28)4-11/h3-8,20,23,25-30H,9H2,1-2H3. The Labute approximate surface area is 198 Å². The minimum atomic E-state index is -1.07. The maximum Gasteiger partial charge on any atom is 0.338 e. The Morgan fingerprint density at radius 3 is 2.00 bits per heavy atom. The van der Waals surface area contributed by atoms with Crippen LogP contribution in [0.5, 0.6) is 51.7 Å². The molecular weight excluding hydrogens is 464 g/mol. The van der Waals surface area contributed by atoms with Gasteiger partial charge in [-0.25, -0.2) is 4.79 Å². The fraction of sp³-hybridized carbons (Fsp3) is 0.208. The smallest absolute Gasteiger partial charge is 0.338 e. The van der Waals surface area contributed by atoms with Crippen molar-refractivity contribution in [2.45, 2.75) is 18.6 Å². The first kappa shape index (κ1) is 23.5. The highest BCUT2D eigenvalue weighted by Crippen LogP contribution is 2.46. The van der Waals surface area contributed by atoms with Crippen molar-refractivity contribution in [1.82, 2.24) is 0 Å². The lowest BCUT2D eigenvalue weighted by atomic mass is 9.93. The van der Waals surface area contributed by atoms with Crippen LogP contribution in [-0.2, 0) is 11.2 Å². The summed E-state index contributed by atoms with van der Waals surface area (Å²) in [6.07, 6.45) is -2.13. The van der Waals surface area contributed by atoms with E-state index in [9.17, 15) is 35.4 Å². The Morgan fingerprint density at radius 2 is 1.43 bits per heavy atom. The molecule has 0 aromatic heterocycles. The van der Waals surface area contributed by atoms with E-state index in [1.807, 2.05) is 0 Å². The van der Waals surface area contributed by atoms with Crippen LogP contribution < -0.4 is 14.2 Å². The van der Waals surface area contributed by atoms with Gasteiger partial charge < -0.3 is 49.6 Å². The SMILES string of the molecule is COc1cc(C2Oc3cc(O)cc(O)c3CC2OC(=O)c2cc(O)c(O)c(O)c2)cc(OC)c1O. The number of aromatic hydroxyl groups is 6. The quantitative estimate of drug-likeness (QED) is 0.231. The third-order valence-electron chi connectivity index (χ3n) is 5.56. The summed E-state index contributed by atoms with van der Waals surface area (Å²) in [5.41, 5.74) is 0.392. The van der Waals surface area contributed by atoms with E-state index >= 15 is 0 Å². The van der Waals surface area contributed by atoms with Gasteiger partial charge in [0.25, 0.3) is 0 Å². The molecule has 2 atom stereocenters. The molecule has 4 rings (SSSR count). The van der Waals surface area contributed by atoms with Crippen molar-refractivity contribution in [2.75, 3.05) is 14.2 Å². The Bertz CT molecular complexity index is 1250. The number of hydrogen-bond acceptors (Lipinski definition) is 11. The number of phenolic OH excluding ortho intramolecular Hbond substituents is 6. The van der Waals surface area contributed by atoms with E-state index in [1.54, 1.807) is 0 Å². The molecule has 1 heterocycles. The van der Waals surface area contributed by atoms with Crippen molar-refractivity contribution in [1.29, 1.82) is 0 Å². The molecule has 0 radical (unpaired) electrons. The highest BCUT2D eigenvalue weighted by atomic mass is 16.6. The number of methoxy groups -OCH3 is 2. The number of phenols is 6. The van der Waals surface area contributed by atoms with E-state index in [4.69, 9.17) is 18.9 Å². The number of fused-ring (bicyclic) bond motifs is 1. The van der Waals surface area contributed by atoms with Gasteiger partial charge in [-0.3, -0.25) is 0 Å². The Kier molecular flexibility index (Phi) is 6.00. The first-order chi connectivity index (χ1) is 16.6. The van der Waals surface area contributed by atoms with E-state index in [0.717, 1.165) is 18.2 Å². The Morgan fingerprint density at radius 1 is 0.829 bits per heavy atom. The summed E-state index contributed by atoms with van der Waals surface area (Å²) in [7, 11) is 2.68. The number of benzene rings is 3. The van der Waals surface area contributed by atoms with Crippen LogP contribution in [0, 0.1) is 0 Å². The maximum atomic E-state index is 12.9. The number of esters is 1. The molecular formula is C24H22O11. The topological polar surface area (TPSA) is 175 Å². The molecule has 35 heavy (non-hydrogen) atoms. The molecule has 11 heteroatoms. The van der Waals surface area contributed by atoms with Crippen molar-refractivity contribution in [3.05, 3.63) is 53.1 Å². The minimum absolute atomic E-state index is 0.0423. The van der Waals surface area contributed by atoms with E-state index in [1.165, 1.54) is 32.4 Å². The predicted octanol–water partition coefficient (Wildman–Crippen LogP) is 2.84. The predicted molar refractivity (Wildman–Crippen MR) is 119 cm³/mol. The second kappa shape index (κ2) is 8.93. The normalized spacial score (nSPS) is 16.6. The molecule has 184 valence electrons. The summed E-state index contributed by atoms with van der Waals surface area (Å²) in [4.78, 5) is 12.9. The number of carbonyl (C=O) groups excluding carboxylic acids is 1. The lowest BCUT2D eigenvalue weighted by molar-refractivity contribution is -0.0189. The highest BCUT2D eigenvalue weighted by Gasteiger charge is 2.37. The van der Waals surface area contributed by atoms with E-state index < -0.39 is 35.4 Å². The molecule has 3 aromatic rings. The molecule has 0 spiro atoms. The summed E-state index contributed by atoms with van der Waals surface area (Å²) in [6, 6.07) is 7.16. The summed E-state index contributed by atoms with van der Waals surface area (Å²) >= 11 is 0. The number of hydrogen-bond donors (Lipinski definition) is 6. The third-order valence-corrected chi connectivity index (χ3v) is 5.56. The molecule has 2 unspecified atom stereocenters. The van der Waals surface area contributed by atoms with E-state index in [-0.39, 0.29) is 52.0 Å². The van der Waals surface area contributed by atoms with Gasteiger partial charge in [0.1, 0.15) is 23.4 Å². The van der Waals surface area contributed by atoms with Gasteiger partial charge in [-0.1, -0.05) is 0 Å². The zero-order chi connectivity index (χ0) is 25.4. The fourth-order valence-corrected chi connectivity index (χ4v) is 3.84. The molecule has 0 saturated carbocycles. The monoisotopic (exact) mass is 486 g/mol. The van der Waals surface area contributed by atoms with E-state index in [2.05, 4.69) is 0 Å². The van der Waals surface area contributed by atoms with Crippen LogP contribution in [0.25, 0.3) is 0 Å². The average molecular weight is 486 g/mol. The van der Waals surface area contributed by atoms with Crippen molar-refractivity contribution in [3.8, 4) is 51.7 Å². The largest absolute Gasteiger partial charge is 0.508 e. The molecule has 6 N–H and O–H groups in total. The average Bonchev–Trinajstić information content (AvgIpc) is 2.82. The van der Waals surface area contributed by atoms with Gasteiger partial charge in [0, 0.05) is 29.7 Å². The summed E-state index contributed by atoms with van der Waals surface area (Å²) < 4.78 is 22.0. The van der Waals surface area contributed by atoms with Crippen LogP contribution in [0.1, 0.15) is 27.6 Å². The van der Waals surface area contributed by atoms with Crippen LogP contribution in [0.2, 0.25) is 0 Å². The molecule has 0 aliphatic carbocycles. The van der Waals surface area contributed by atoms with Gasteiger partial charge >= 0.3 is 5.97 Å². The van der Waals surface area contributed by atoms with E-state index in [0.29, 0.717) is 5.56 Å². The van der Waals surface area contributed by atoms with Crippen LogP contribution in [0.15, 0.2) is 36.4 Å². The van der Waals surface area contributed by atoms with Crippen molar-refractivity contribution >= 4 is 5.97 Å². The minimum Gasteiger partial charge on any atom is -0.508 e. The third kappa shape index (κ3) is 4.31. The lowest BCUT2D eigenvalue weighted by Gasteiger charge is -2.34. The van der Waals surface area contributed by atoms with Gasteiger partial charge in [-0.05, 0) is 24.3 Å². The van der Waals surface area contributed by atoms with Crippen LogP contribution in [0.4, 0.5) is 0 Å². The van der Waals surface area contributed by atoms with Gasteiger partial charge in [-0.2, -0.15) is 0 Å². The number of carbonyl (C=O) groups is 1. The zero-order valence-electron chi connectivity index (χ0n) is 18.6. The van der Waals surface area contributed by atoms with Crippen LogP contribution in [0.3, 0.4) is 0 Å². The number of ether oxygens (including phenoxy) is 4. The molecule has 0 saturated heterocycles. The van der Waals surface area contributed by atoms with Gasteiger partial charge in [0.15, 0.2) is 34.9 Å². The first-order valence-corrected chi connectivity index (χ1v) is 10.2. The summed E-state index contributed by atoms with van der Waals surface area (Å²) in [5, 5.41) is 59.5. The van der Waals surface area contributed by atoms with Crippen LogP contribution >= 0.6 is 0 Å². The summed E-state index contributed by atoms with van der Waals surface area (Å²) in [6.45, 7) is 0. The second-order valence-electron chi connectivity index (χ2n) is 7.77. The molecule has 11 nitrogen and oxygen atoms in total. The highest BCUT2D eigenvalue weighted by molar-refractivity contribution is 5.91.